The summed E-state index contributed by atoms with van der Waals surface area (Å²) in [5.41, 5.74) is 3.05. The van der Waals surface area contributed by atoms with Crippen molar-refractivity contribution in [3.8, 4) is 0 Å². The summed E-state index contributed by atoms with van der Waals surface area (Å²) in [6, 6.07) is 16.4. The van der Waals surface area contributed by atoms with Gasteiger partial charge in [-0.1, -0.05) is 66.6 Å². The molecule has 1 amide bonds. The van der Waals surface area contributed by atoms with E-state index >= 15 is 0 Å². The molecule has 1 heterocycles. The molecule has 0 fully saturated rings. The van der Waals surface area contributed by atoms with Crippen LogP contribution in [0.15, 0.2) is 54.6 Å². The maximum absolute atomic E-state index is 12.5. The smallest absolute Gasteiger partial charge is 0.339 e. The van der Waals surface area contributed by atoms with Crippen molar-refractivity contribution in [2.24, 2.45) is 0 Å². The molecule has 1 atom stereocenters. The van der Waals surface area contributed by atoms with Crippen LogP contribution in [0.5, 0.6) is 0 Å². The van der Waals surface area contributed by atoms with Gasteiger partial charge in [-0.15, -0.1) is 0 Å². The first-order chi connectivity index (χ1) is 13.5. The van der Waals surface area contributed by atoms with Gasteiger partial charge >= 0.3 is 5.97 Å². The van der Waals surface area contributed by atoms with Crippen LogP contribution in [0.4, 0.5) is 0 Å². The summed E-state index contributed by atoms with van der Waals surface area (Å²) in [4.78, 5) is 29.0. The molecule has 0 radical (unpaired) electrons. The first-order valence-corrected chi connectivity index (χ1v) is 9.44. The lowest BCUT2D eigenvalue weighted by Crippen LogP contribution is -2.32. The highest BCUT2D eigenvalue weighted by Crippen LogP contribution is 2.22. The van der Waals surface area contributed by atoms with Crippen LogP contribution >= 0.6 is 11.6 Å². The number of ether oxygens (including phenoxy) is 1. The number of esters is 1. The molecule has 28 heavy (non-hydrogen) atoms. The van der Waals surface area contributed by atoms with Gasteiger partial charge in [-0.2, -0.15) is 0 Å². The van der Waals surface area contributed by atoms with Gasteiger partial charge in [0.15, 0.2) is 6.61 Å². The lowest BCUT2D eigenvalue weighted by Gasteiger charge is -2.17. The average molecular weight is 397 g/mol. The summed E-state index contributed by atoms with van der Waals surface area (Å²) in [7, 11) is 0. The normalized spacial score (nSPS) is 11.8. The topological polar surface area (TPSA) is 68.3 Å². The van der Waals surface area contributed by atoms with Crippen molar-refractivity contribution >= 4 is 34.4 Å². The molecular weight excluding hydrogens is 376 g/mol. The van der Waals surface area contributed by atoms with Gasteiger partial charge in [0, 0.05) is 5.39 Å². The Morgan fingerprint density at radius 2 is 1.86 bits per heavy atom. The summed E-state index contributed by atoms with van der Waals surface area (Å²) in [6.07, 6.45) is 0.730. The van der Waals surface area contributed by atoms with E-state index in [4.69, 9.17) is 16.3 Å². The standard InChI is InChI=1S/C22H21ClN2O3/c1-3-18(15-10-8-14(2)9-11-15)25-21(26)13-28-22(27)17-12-20(23)24-19-7-5-4-6-16(17)19/h4-12,18H,3,13H2,1-2H3,(H,25,26)/t18-/m1/s1. The second-order valence-corrected chi connectivity index (χ2v) is 6.91. The van der Waals surface area contributed by atoms with E-state index in [2.05, 4.69) is 10.3 Å². The Hall–Kier alpha value is -2.92. The van der Waals surface area contributed by atoms with Crippen LogP contribution in [-0.4, -0.2) is 23.5 Å². The summed E-state index contributed by atoms with van der Waals surface area (Å²) in [5, 5.41) is 3.73. The van der Waals surface area contributed by atoms with E-state index in [1.807, 2.05) is 44.2 Å². The van der Waals surface area contributed by atoms with Crippen LogP contribution in [0.3, 0.4) is 0 Å². The second-order valence-electron chi connectivity index (χ2n) is 6.52. The second kappa shape index (κ2) is 8.85. The number of halogens is 1. The molecule has 0 spiro atoms. The minimum Gasteiger partial charge on any atom is -0.452 e. The Labute approximate surface area is 168 Å². The van der Waals surface area contributed by atoms with Gasteiger partial charge in [-0.25, -0.2) is 9.78 Å². The minimum absolute atomic E-state index is 0.136. The Balaban J connectivity index is 1.66. The number of nitrogens with one attached hydrogen (secondary N) is 1. The molecule has 0 bridgehead atoms. The molecule has 0 saturated heterocycles. The maximum atomic E-state index is 12.5. The lowest BCUT2D eigenvalue weighted by atomic mass is 10.0. The largest absolute Gasteiger partial charge is 0.452 e. The summed E-state index contributed by atoms with van der Waals surface area (Å²) < 4.78 is 5.22. The Bertz CT molecular complexity index is 1000. The highest BCUT2D eigenvalue weighted by Gasteiger charge is 2.17. The Morgan fingerprint density at radius 3 is 2.57 bits per heavy atom. The van der Waals surface area contributed by atoms with Crippen LogP contribution in [0, 0.1) is 6.92 Å². The predicted molar refractivity (Wildman–Crippen MR) is 109 cm³/mol. The molecule has 0 saturated carbocycles. The van der Waals surface area contributed by atoms with Gasteiger partial charge in [-0.3, -0.25) is 4.79 Å². The average Bonchev–Trinajstić information content (AvgIpc) is 2.70. The molecule has 0 aliphatic heterocycles. The number of aromatic nitrogens is 1. The van der Waals surface area contributed by atoms with E-state index < -0.39 is 5.97 Å². The van der Waals surface area contributed by atoms with Gasteiger partial charge in [0.1, 0.15) is 5.15 Å². The zero-order valence-corrected chi connectivity index (χ0v) is 16.5. The molecule has 1 N–H and O–H groups in total. The Kier molecular flexibility index (Phi) is 6.26. The fourth-order valence-corrected chi connectivity index (χ4v) is 3.18. The van der Waals surface area contributed by atoms with E-state index in [1.165, 1.54) is 6.07 Å². The van der Waals surface area contributed by atoms with Crippen LogP contribution < -0.4 is 5.32 Å². The molecule has 0 aliphatic rings. The number of nitrogens with zero attached hydrogens (tertiary/aromatic N) is 1. The number of benzene rings is 2. The van der Waals surface area contributed by atoms with Crippen molar-refractivity contribution in [3.63, 3.8) is 0 Å². The molecule has 0 unspecified atom stereocenters. The number of pyridine rings is 1. The van der Waals surface area contributed by atoms with Crippen molar-refractivity contribution < 1.29 is 14.3 Å². The van der Waals surface area contributed by atoms with Crippen LogP contribution in [-0.2, 0) is 9.53 Å². The number of carbonyl (C=O) groups is 2. The van der Waals surface area contributed by atoms with Crippen LogP contribution in [0.25, 0.3) is 10.9 Å². The summed E-state index contributed by atoms with van der Waals surface area (Å²) in [6.45, 7) is 3.63. The van der Waals surface area contributed by atoms with E-state index in [-0.39, 0.29) is 29.3 Å². The molecule has 3 rings (SSSR count). The van der Waals surface area contributed by atoms with Crippen molar-refractivity contribution in [1.82, 2.24) is 10.3 Å². The van der Waals surface area contributed by atoms with E-state index in [0.717, 1.165) is 17.5 Å². The zero-order valence-electron chi connectivity index (χ0n) is 15.7. The van der Waals surface area contributed by atoms with Crippen LogP contribution in [0.1, 0.15) is 40.9 Å². The fraction of sp³-hybridized carbons (Fsp3) is 0.227. The number of aryl methyl sites for hydroxylation is 1. The van der Waals surface area contributed by atoms with Gasteiger partial charge in [0.05, 0.1) is 17.1 Å². The van der Waals surface area contributed by atoms with Crippen molar-refractivity contribution in [2.45, 2.75) is 26.3 Å². The summed E-state index contributed by atoms with van der Waals surface area (Å²) >= 11 is 6.00. The highest BCUT2D eigenvalue weighted by molar-refractivity contribution is 6.30. The van der Waals surface area contributed by atoms with Gasteiger partial charge in [0.2, 0.25) is 0 Å². The molecular formula is C22H21ClN2O3. The Morgan fingerprint density at radius 1 is 1.14 bits per heavy atom. The van der Waals surface area contributed by atoms with E-state index in [1.54, 1.807) is 18.2 Å². The molecule has 1 aromatic heterocycles. The van der Waals surface area contributed by atoms with E-state index in [0.29, 0.717) is 10.9 Å². The number of hydrogen-bond acceptors (Lipinski definition) is 4. The molecule has 2 aromatic carbocycles. The van der Waals surface area contributed by atoms with Crippen molar-refractivity contribution in [2.75, 3.05) is 6.61 Å². The predicted octanol–water partition coefficient (Wildman–Crippen LogP) is 4.62. The maximum Gasteiger partial charge on any atom is 0.339 e. The number of para-hydroxylation sites is 1. The quantitative estimate of drug-likeness (QED) is 0.487. The first-order valence-electron chi connectivity index (χ1n) is 9.06. The summed E-state index contributed by atoms with van der Waals surface area (Å²) in [5.74, 6) is -0.968. The monoisotopic (exact) mass is 396 g/mol. The molecule has 5 nitrogen and oxygen atoms in total. The van der Waals surface area contributed by atoms with Gasteiger partial charge in [0.25, 0.3) is 5.91 Å². The number of fused-ring (bicyclic) bond motifs is 1. The third-order valence-electron chi connectivity index (χ3n) is 4.46. The number of amides is 1. The van der Waals surface area contributed by atoms with Gasteiger partial charge < -0.3 is 10.1 Å². The third-order valence-corrected chi connectivity index (χ3v) is 4.66. The molecule has 0 aliphatic carbocycles. The number of rotatable bonds is 6. The number of carbonyl (C=O) groups excluding carboxylic acids is 2. The SMILES string of the molecule is CC[C@@H](NC(=O)COC(=O)c1cc(Cl)nc2ccccc12)c1ccc(C)cc1. The molecule has 144 valence electrons. The molecule has 6 heteroatoms. The van der Waals surface area contributed by atoms with Crippen molar-refractivity contribution in [3.05, 3.63) is 76.4 Å². The van der Waals surface area contributed by atoms with E-state index in [9.17, 15) is 9.59 Å². The lowest BCUT2D eigenvalue weighted by molar-refractivity contribution is -0.125. The minimum atomic E-state index is -0.612. The highest BCUT2D eigenvalue weighted by atomic mass is 35.5. The zero-order chi connectivity index (χ0) is 20.1. The fourth-order valence-electron chi connectivity index (χ4n) is 2.98. The first kappa shape index (κ1) is 19.8. The number of hydrogen-bond donors (Lipinski definition) is 1. The van der Waals surface area contributed by atoms with Gasteiger partial charge in [-0.05, 0) is 31.0 Å². The van der Waals surface area contributed by atoms with Crippen molar-refractivity contribution in [1.29, 1.82) is 0 Å². The van der Waals surface area contributed by atoms with Crippen LogP contribution in [0.2, 0.25) is 5.15 Å². The molecule has 3 aromatic rings. The third kappa shape index (κ3) is 4.67.